The molecule has 0 saturated carbocycles. The van der Waals surface area contributed by atoms with Crippen LogP contribution < -0.4 is 4.90 Å². The lowest BCUT2D eigenvalue weighted by molar-refractivity contribution is 0.144. The minimum atomic E-state index is 0.0170. The Morgan fingerprint density at radius 1 is 1.43 bits per heavy atom. The van der Waals surface area contributed by atoms with Gasteiger partial charge in [-0.15, -0.1) is 0 Å². The van der Waals surface area contributed by atoms with E-state index in [1.165, 1.54) is 11.3 Å². The molecule has 14 heavy (non-hydrogen) atoms. The molecule has 2 heteroatoms. The van der Waals surface area contributed by atoms with Gasteiger partial charge in [0.25, 0.3) is 0 Å². The predicted octanol–water partition coefficient (Wildman–Crippen LogP) is 1.68. The summed E-state index contributed by atoms with van der Waals surface area (Å²) in [7, 11) is 2.09. The van der Waals surface area contributed by atoms with Crippen LogP contribution >= 0.6 is 0 Å². The van der Waals surface area contributed by atoms with E-state index in [0.717, 1.165) is 13.0 Å². The van der Waals surface area contributed by atoms with Crippen LogP contribution in [-0.2, 0) is 6.42 Å². The molecule has 0 amide bonds. The van der Waals surface area contributed by atoms with Crippen LogP contribution in [-0.4, -0.2) is 25.3 Å². The van der Waals surface area contributed by atoms with Crippen molar-refractivity contribution in [2.24, 2.45) is 5.41 Å². The molecule has 1 aromatic carbocycles. The standard InChI is InChI=1S/C12H17NO/c1-12(9-14)7-10-5-3-4-6-11(10)13(2)8-12/h3-6,14H,7-9H2,1-2H3. The molecule has 76 valence electrons. The van der Waals surface area contributed by atoms with Crippen molar-refractivity contribution in [3.05, 3.63) is 29.8 Å². The zero-order valence-electron chi connectivity index (χ0n) is 8.83. The molecule has 0 spiro atoms. The highest BCUT2D eigenvalue weighted by Gasteiger charge is 2.31. The molecule has 1 aliphatic heterocycles. The van der Waals surface area contributed by atoms with Crippen molar-refractivity contribution < 1.29 is 5.11 Å². The van der Waals surface area contributed by atoms with E-state index in [9.17, 15) is 5.11 Å². The van der Waals surface area contributed by atoms with Gasteiger partial charge in [0.05, 0.1) is 6.61 Å². The maximum absolute atomic E-state index is 9.37. The van der Waals surface area contributed by atoms with Crippen molar-refractivity contribution in [2.75, 3.05) is 25.1 Å². The van der Waals surface area contributed by atoms with E-state index in [1.54, 1.807) is 0 Å². The van der Waals surface area contributed by atoms with Gasteiger partial charge in [0.1, 0.15) is 0 Å². The van der Waals surface area contributed by atoms with Gasteiger partial charge >= 0.3 is 0 Å². The highest BCUT2D eigenvalue weighted by Crippen LogP contribution is 2.34. The summed E-state index contributed by atoms with van der Waals surface area (Å²) in [5.41, 5.74) is 2.67. The number of rotatable bonds is 1. The average molecular weight is 191 g/mol. The molecule has 2 rings (SSSR count). The van der Waals surface area contributed by atoms with E-state index < -0.39 is 0 Å². The Bertz CT molecular complexity index is 337. The number of aliphatic hydroxyl groups excluding tert-OH is 1. The van der Waals surface area contributed by atoms with Crippen LogP contribution in [0.25, 0.3) is 0 Å². The van der Waals surface area contributed by atoms with Crippen LogP contribution in [0.15, 0.2) is 24.3 Å². The van der Waals surface area contributed by atoms with Gasteiger partial charge in [0.15, 0.2) is 0 Å². The molecule has 0 radical (unpaired) electrons. The van der Waals surface area contributed by atoms with Crippen LogP contribution in [0.5, 0.6) is 0 Å². The molecule has 1 heterocycles. The number of hydrogen-bond donors (Lipinski definition) is 1. The van der Waals surface area contributed by atoms with Crippen molar-refractivity contribution in [3.63, 3.8) is 0 Å². The van der Waals surface area contributed by atoms with Gasteiger partial charge in [-0.3, -0.25) is 0 Å². The molecule has 2 nitrogen and oxygen atoms in total. The summed E-state index contributed by atoms with van der Waals surface area (Å²) in [6.07, 6.45) is 0.976. The lowest BCUT2D eigenvalue weighted by atomic mass is 9.80. The topological polar surface area (TPSA) is 23.5 Å². The fourth-order valence-corrected chi connectivity index (χ4v) is 2.31. The number of benzene rings is 1. The second-order valence-electron chi connectivity index (χ2n) is 4.63. The number of fused-ring (bicyclic) bond motifs is 1. The first-order valence-corrected chi connectivity index (χ1v) is 5.04. The zero-order chi connectivity index (χ0) is 10.2. The fourth-order valence-electron chi connectivity index (χ4n) is 2.31. The van der Waals surface area contributed by atoms with Crippen molar-refractivity contribution in [1.29, 1.82) is 0 Å². The monoisotopic (exact) mass is 191 g/mol. The Hall–Kier alpha value is -1.02. The highest BCUT2D eigenvalue weighted by molar-refractivity contribution is 5.55. The number of nitrogens with zero attached hydrogens (tertiary/aromatic N) is 1. The van der Waals surface area contributed by atoms with Gasteiger partial charge in [0, 0.05) is 24.7 Å². The third-order valence-corrected chi connectivity index (χ3v) is 3.02. The lowest BCUT2D eigenvalue weighted by Gasteiger charge is -2.39. The predicted molar refractivity (Wildman–Crippen MR) is 58.6 cm³/mol. The van der Waals surface area contributed by atoms with E-state index in [-0.39, 0.29) is 12.0 Å². The average Bonchev–Trinajstić information content (AvgIpc) is 2.18. The molecule has 0 fully saturated rings. The van der Waals surface area contributed by atoms with Crippen LogP contribution in [0.3, 0.4) is 0 Å². The Kier molecular flexibility index (Phi) is 2.23. The Balaban J connectivity index is 2.38. The number of aliphatic hydroxyl groups is 1. The van der Waals surface area contributed by atoms with Crippen molar-refractivity contribution >= 4 is 5.69 Å². The first kappa shape index (κ1) is 9.53. The third-order valence-electron chi connectivity index (χ3n) is 3.02. The van der Waals surface area contributed by atoms with Crippen molar-refractivity contribution in [1.82, 2.24) is 0 Å². The lowest BCUT2D eigenvalue weighted by Crippen LogP contribution is -2.42. The largest absolute Gasteiger partial charge is 0.396 e. The second kappa shape index (κ2) is 3.28. The van der Waals surface area contributed by atoms with Gasteiger partial charge in [-0.1, -0.05) is 25.1 Å². The summed E-state index contributed by atoms with van der Waals surface area (Å²) in [6.45, 7) is 3.33. The molecule has 1 N–H and O–H groups in total. The molecule has 0 aromatic heterocycles. The Morgan fingerprint density at radius 2 is 2.14 bits per heavy atom. The first-order chi connectivity index (χ1) is 6.64. The summed E-state index contributed by atoms with van der Waals surface area (Å²) in [4.78, 5) is 2.23. The zero-order valence-corrected chi connectivity index (χ0v) is 8.83. The highest BCUT2D eigenvalue weighted by atomic mass is 16.3. The third kappa shape index (κ3) is 1.50. The van der Waals surface area contributed by atoms with E-state index >= 15 is 0 Å². The Labute approximate surface area is 85.2 Å². The normalized spacial score (nSPS) is 26.1. The number of para-hydroxylation sites is 1. The molecule has 1 aromatic rings. The van der Waals surface area contributed by atoms with Gasteiger partial charge in [-0.05, 0) is 18.1 Å². The molecular formula is C12H17NO. The maximum atomic E-state index is 9.37. The van der Waals surface area contributed by atoms with Gasteiger partial charge < -0.3 is 10.0 Å². The van der Waals surface area contributed by atoms with Crippen LogP contribution in [0.2, 0.25) is 0 Å². The van der Waals surface area contributed by atoms with Crippen LogP contribution in [0.1, 0.15) is 12.5 Å². The molecule has 1 unspecified atom stereocenters. The molecular weight excluding hydrogens is 174 g/mol. The first-order valence-electron chi connectivity index (χ1n) is 5.04. The minimum Gasteiger partial charge on any atom is -0.396 e. The summed E-state index contributed by atoms with van der Waals surface area (Å²) in [6, 6.07) is 8.43. The summed E-state index contributed by atoms with van der Waals surface area (Å²) in [5.74, 6) is 0. The van der Waals surface area contributed by atoms with Crippen LogP contribution in [0, 0.1) is 5.41 Å². The molecule has 0 bridgehead atoms. The second-order valence-corrected chi connectivity index (χ2v) is 4.63. The summed E-state index contributed by atoms with van der Waals surface area (Å²) < 4.78 is 0. The summed E-state index contributed by atoms with van der Waals surface area (Å²) >= 11 is 0. The Morgan fingerprint density at radius 3 is 2.86 bits per heavy atom. The van der Waals surface area contributed by atoms with E-state index in [2.05, 4.69) is 43.1 Å². The van der Waals surface area contributed by atoms with Crippen LogP contribution in [0.4, 0.5) is 5.69 Å². The van der Waals surface area contributed by atoms with E-state index in [0.29, 0.717) is 0 Å². The quantitative estimate of drug-likeness (QED) is 0.730. The SMILES string of the molecule is CN1CC(C)(CO)Cc2ccccc21. The molecule has 0 saturated heterocycles. The smallest absolute Gasteiger partial charge is 0.0504 e. The number of hydrogen-bond acceptors (Lipinski definition) is 2. The van der Waals surface area contributed by atoms with Gasteiger partial charge in [-0.25, -0.2) is 0 Å². The number of anilines is 1. The molecule has 1 aliphatic rings. The van der Waals surface area contributed by atoms with Gasteiger partial charge in [-0.2, -0.15) is 0 Å². The van der Waals surface area contributed by atoms with Gasteiger partial charge in [0.2, 0.25) is 0 Å². The minimum absolute atomic E-state index is 0.0170. The fraction of sp³-hybridized carbons (Fsp3) is 0.500. The van der Waals surface area contributed by atoms with E-state index in [4.69, 9.17) is 0 Å². The van der Waals surface area contributed by atoms with E-state index in [1.807, 2.05) is 0 Å². The molecule has 1 atom stereocenters. The maximum Gasteiger partial charge on any atom is 0.0504 e. The summed E-state index contributed by atoms with van der Waals surface area (Å²) in [5, 5.41) is 9.37. The van der Waals surface area contributed by atoms with Crippen molar-refractivity contribution in [2.45, 2.75) is 13.3 Å². The van der Waals surface area contributed by atoms with Crippen molar-refractivity contribution in [3.8, 4) is 0 Å². The molecule has 0 aliphatic carbocycles.